The van der Waals surface area contributed by atoms with Crippen LogP contribution in [0.1, 0.15) is 30.1 Å². The molecule has 140 valence electrons. The Balaban J connectivity index is 1.81. The van der Waals surface area contributed by atoms with Gasteiger partial charge < -0.3 is 15.1 Å². The van der Waals surface area contributed by atoms with Crippen molar-refractivity contribution >= 4 is 23.2 Å². The van der Waals surface area contributed by atoms with Gasteiger partial charge in [0.2, 0.25) is 5.91 Å². The summed E-state index contributed by atoms with van der Waals surface area (Å²) in [6, 6.07) is 4.72. The second-order valence-electron chi connectivity index (χ2n) is 6.63. The van der Waals surface area contributed by atoms with Gasteiger partial charge in [-0.25, -0.2) is 5.48 Å². The van der Waals surface area contributed by atoms with Crippen molar-refractivity contribution in [2.75, 3.05) is 30.1 Å². The van der Waals surface area contributed by atoms with Gasteiger partial charge in [0.25, 0.3) is 5.91 Å². The minimum Gasteiger partial charge on any atom is -0.370 e. The molecule has 2 aliphatic heterocycles. The fourth-order valence-electron chi connectivity index (χ4n) is 3.81. The highest BCUT2D eigenvalue weighted by Crippen LogP contribution is 2.37. The maximum atomic E-state index is 12.5. The molecule has 5 N–H and O–H groups in total. The molecule has 3 rings (SSSR count). The molecule has 26 heavy (non-hydrogen) atoms. The number of benzene rings is 1. The molecule has 9 nitrogen and oxygen atoms in total. The van der Waals surface area contributed by atoms with E-state index in [0.717, 1.165) is 11.4 Å². The maximum Gasteiger partial charge on any atom is 0.274 e. The van der Waals surface area contributed by atoms with Crippen LogP contribution in [-0.4, -0.2) is 52.4 Å². The standard InChI is InChI=1S/C17H23N5O4/c1-11(2)22-10-18-16(24)17(22)5-7-21(8-6-17)14-4-3-12(15(23)20-26)9-13(14)19-25/h3-4,9,19,25-26H,1,5-8,10H2,2H3,(H,18,24)(H,20,23). The number of hydrogen-bond donors (Lipinski definition) is 5. The molecular formula is C17H23N5O4. The number of allylic oxidation sites excluding steroid dienone is 1. The van der Waals surface area contributed by atoms with Crippen molar-refractivity contribution < 1.29 is 20.0 Å². The molecule has 0 aliphatic carbocycles. The highest BCUT2D eigenvalue weighted by Gasteiger charge is 2.50. The summed E-state index contributed by atoms with van der Waals surface area (Å²) < 4.78 is 0. The van der Waals surface area contributed by atoms with Crippen LogP contribution >= 0.6 is 0 Å². The van der Waals surface area contributed by atoms with Gasteiger partial charge in [-0.15, -0.1) is 0 Å². The number of piperidine rings is 1. The lowest BCUT2D eigenvalue weighted by atomic mass is 9.85. The smallest absolute Gasteiger partial charge is 0.274 e. The zero-order valence-corrected chi connectivity index (χ0v) is 14.6. The molecule has 0 atom stereocenters. The van der Waals surface area contributed by atoms with E-state index < -0.39 is 11.4 Å². The lowest BCUT2D eigenvalue weighted by Gasteiger charge is -2.44. The van der Waals surface area contributed by atoms with Crippen LogP contribution < -0.4 is 21.2 Å². The number of carbonyl (C=O) groups excluding carboxylic acids is 2. The normalized spacial score (nSPS) is 18.7. The first kappa shape index (κ1) is 18.0. The predicted molar refractivity (Wildman–Crippen MR) is 94.9 cm³/mol. The highest BCUT2D eigenvalue weighted by atomic mass is 16.5. The van der Waals surface area contributed by atoms with Crippen molar-refractivity contribution in [1.29, 1.82) is 0 Å². The molecule has 1 aromatic rings. The lowest BCUT2D eigenvalue weighted by molar-refractivity contribution is -0.127. The van der Waals surface area contributed by atoms with Gasteiger partial charge in [-0.3, -0.25) is 25.5 Å². The topological polar surface area (TPSA) is 117 Å². The molecule has 1 spiro atoms. The Morgan fingerprint density at radius 3 is 2.58 bits per heavy atom. The van der Waals surface area contributed by atoms with Crippen LogP contribution in [0.4, 0.5) is 11.4 Å². The van der Waals surface area contributed by atoms with Crippen molar-refractivity contribution in [1.82, 2.24) is 15.7 Å². The third kappa shape index (κ3) is 2.85. The van der Waals surface area contributed by atoms with Gasteiger partial charge in [0, 0.05) is 24.4 Å². The van der Waals surface area contributed by atoms with Crippen LogP contribution in [0.15, 0.2) is 30.5 Å². The molecular weight excluding hydrogens is 338 g/mol. The maximum absolute atomic E-state index is 12.5. The average Bonchev–Trinajstić information content (AvgIpc) is 2.97. The van der Waals surface area contributed by atoms with Crippen molar-refractivity contribution in [2.45, 2.75) is 25.3 Å². The largest absolute Gasteiger partial charge is 0.370 e. The fraction of sp³-hybridized carbons (Fsp3) is 0.412. The van der Waals surface area contributed by atoms with E-state index in [9.17, 15) is 14.8 Å². The van der Waals surface area contributed by atoms with Crippen LogP contribution in [0.25, 0.3) is 0 Å². The fourth-order valence-corrected chi connectivity index (χ4v) is 3.81. The van der Waals surface area contributed by atoms with E-state index in [-0.39, 0.29) is 11.5 Å². The number of rotatable bonds is 4. The third-order valence-electron chi connectivity index (χ3n) is 5.21. The van der Waals surface area contributed by atoms with E-state index in [0.29, 0.717) is 38.3 Å². The highest BCUT2D eigenvalue weighted by molar-refractivity contribution is 5.95. The van der Waals surface area contributed by atoms with Gasteiger partial charge in [0.1, 0.15) is 5.54 Å². The second-order valence-corrected chi connectivity index (χ2v) is 6.63. The minimum absolute atomic E-state index is 0.0237. The SMILES string of the molecule is C=C(C)N1CNC(=O)C12CCN(c1ccc(C(=O)NO)cc1NO)CC2. The molecule has 9 heteroatoms. The molecule has 1 aromatic carbocycles. The summed E-state index contributed by atoms with van der Waals surface area (Å²) in [7, 11) is 0. The van der Waals surface area contributed by atoms with Crippen LogP contribution in [0, 0.1) is 0 Å². The first-order valence-corrected chi connectivity index (χ1v) is 8.38. The average molecular weight is 361 g/mol. The number of carbonyl (C=O) groups is 2. The monoisotopic (exact) mass is 361 g/mol. The summed E-state index contributed by atoms with van der Waals surface area (Å²) in [5, 5.41) is 21.1. The zero-order valence-electron chi connectivity index (χ0n) is 14.6. The van der Waals surface area contributed by atoms with E-state index in [1.54, 1.807) is 17.6 Å². The Morgan fingerprint density at radius 1 is 1.31 bits per heavy atom. The zero-order chi connectivity index (χ0) is 18.9. The predicted octanol–water partition coefficient (Wildman–Crippen LogP) is 0.869. The number of anilines is 2. The first-order chi connectivity index (χ1) is 12.4. The Labute approximate surface area is 151 Å². The Hall–Kier alpha value is -2.78. The van der Waals surface area contributed by atoms with E-state index >= 15 is 0 Å². The minimum atomic E-state index is -0.662. The quantitative estimate of drug-likeness (QED) is 0.399. The Kier molecular flexibility index (Phi) is 4.75. The summed E-state index contributed by atoms with van der Waals surface area (Å²) in [5.41, 5.74) is 5.23. The molecule has 0 aromatic heterocycles. The van der Waals surface area contributed by atoms with Gasteiger partial charge in [-0.05, 0) is 38.0 Å². The van der Waals surface area contributed by atoms with Crippen molar-refractivity contribution in [3.05, 3.63) is 36.0 Å². The van der Waals surface area contributed by atoms with Gasteiger partial charge >= 0.3 is 0 Å². The molecule has 2 amide bonds. The van der Waals surface area contributed by atoms with Gasteiger partial charge in [-0.2, -0.15) is 0 Å². The van der Waals surface area contributed by atoms with Gasteiger partial charge in [0.15, 0.2) is 0 Å². The van der Waals surface area contributed by atoms with E-state index in [1.807, 2.05) is 16.7 Å². The van der Waals surface area contributed by atoms with Crippen LogP contribution in [0.3, 0.4) is 0 Å². The molecule has 0 bridgehead atoms. The van der Waals surface area contributed by atoms with Crippen molar-refractivity contribution in [3.63, 3.8) is 0 Å². The Bertz CT molecular complexity index is 743. The number of amides is 2. The first-order valence-electron chi connectivity index (χ1n) is 8.38. The summed E-state index contributed by atoms with van der Waals surface area (Å²) in [4.78, 5) is 28.1. The third-order valence-corrected chi connectivity index (χ3v) is 5.21. The molecule has 2 saturated heterocycles. The van der Waals surface area contributed by atoms with Gasteiger partial charge in [-0.1, -0.05) is 6.58 Å². The molecule has 0 radical (unpaired) electrons. The van der Waals surface area contributed by atoms with E-state index in [1.165, 1.54) is 6.07 Å². The lowest BCUT2D eigenvalue weighted by Crippen LogP contribution is -2.55. The van der Waals surface area contributed by atoms with Crippen molar-refractivity contribution in [3.8, 4) is 0 Å². The van der Waals surface area contributed by atoms with Crippen molar-refractivity contribution in [2.24, 2.45) is 0 Å². The van der Waals surface area contributed by atoms with Crippen LogP contribution in [0.5, 0.6) is 0 Å². The van der Waals surface area contributed by atoms with E-state index in [4.69, 9.17) is 5.21 Å². The van der Waals surface area contributed by atoms with Crippen LogP contribution in [-0.2, 0) is 4.79 Å². The number of nitrogens with one attached hydrogen (secondary N) is 3. The summed E-state index contributed by atoms with van der Waals surface area (Å²) >= 11 is 0. The molecule has 0 saturated carbocycles. The van der Waals surface area contributed by atoms with Crippen LogP contribution in [0.2, 0.25) is 0 Å². The Morgan fingerprint density at radius 2 is 2.00 bits per heavy atom. The number of nitrogens with zero attached hydrogens (tertiary/aromatic N) is 2. The molecule has 2 aliphatic rings. The van der Waals surface area contributed by atoms with E-state index in [2.05, 4.69) is 17.4 Å². The molecule has 2 fully saturated rings. The summed E-state index contributed by atoms with van der Waals surface area (Å²) in [6.07, 6.45) is 1.24. The summed E-state index contributed by atoms with van der Waals surface area (Å²) in [5.74, 6) is -0.638. The summed E-state index contributed by atoms with van der Waals surface area (Å²) in [6.45, 7) is 7.57. The molecule has 0 unspecified atom stereocenters. The number of hydrogen-bond acceptors (Lipinski definition) is 7. The molecule has 2 heterocycles. The van der Waals surface area contributed by atoms with Gasteiger partial charge in [0.05, 0.1) is 18.0 Å². The number of hydroxylamine groups is 1. The second kappa shape index (κ2) is 6.85.